The molecule has 2 aromatic rings. The van der Waals surface area contributed by atoms with Crippen molar-refractivity contribution in [1.29, 1.82) is 0 Å². The number of rotatable bonds is 6. The first-order valence-electron chi connectivity index (χ1n) is 5.69. The number of nitrogens with zero attached hydrogens (tertiary/aromatic N) is 2. The second-order valence-corrected chi connectivity index (χ2v) is 6.28. The lowest BCUT2D eigenvalue weighted by Crippen LogP contribution is -2.20. The van der Waals surface area contributed by atoms with Gasteiger partial charge in [-0.25, -0.2) is 4.98 Å². The predicted molar refractivity (Wildman–Crippen MR) is 75.5 cm³/mol. The van der Waals surface area contributed by atoms with Crippen LogP contribution in [0.1, 0.15) is 30.8 Å². The highest BCUT2D eigenvalue weighted by Gasteiger charge is 2.12. The van der Waals surface area contributed by atoms with E-state index in [1.807, 2.05) is 6.07 Å². The van der Waals surface area contributed by atoms with Gasteiger partial charge >= 0.3 is 0 Å². The van der Waals surface area contributed by atoms with Crippen molar-refractivity contribution in [3.05, 3.63) is 32.5 Å². The van der Waals surface area contributed by atoms with E-state index in [0.717, 1.165) is 39.4 Å². The van der Waals surface area contributed by atoms with Gasteiger partial charge in [0.2, 0.25) is 0 Å². The number of hydrogen-bond acceptors (Lipinski definition) is 4. The summed E-state index contributed by atoms with van der Waals surface area (Å²) in [6, 6.07) is 2.12. The lowest BCUT2D eigenvalue weighted by atomic mass is 10.2. The van der Waals surface area contributed by atoms with Crippen LogP contribution in [0.25, 0.3) is 0 Å². The minimum Gasteiger partial charge on any atom is -0.310 e. The first-order chi connectivity index (χ1) is 8.66. The fraction of sp³-hybridized carbons (Fsp3) is 0.455. The summed E-state index contributed by atoms with van der Waals surface area (Å²) in [5.74, 6) is 0.918. The van der Waals surface area contributed by atoms with Crippen LogP contribution in [0.4, 0.5) is 0 Å². The zero-order valence-electron chi connectivity index (χ0n) is 9.91. The van der Waals surface area contributed by atoms with Gasteiger partial charge in [-0.1, -0.05) is 23.2 Å². The Labute approximate surface area is 120 Å². The third-order valence-electron chi connectivity index (χ3n) is 2.66. The van der Waals surface area contributed by atoms with Crippen LogP contribution in [-0.2, 0) is 6.42 Å². The van der Waals surface area contributed by atoms with Gasteiger partial charge in [-0.3, -0.25) is 5.10 Å². The lowest BCUT2D eigenvalue weighted by molar-refractivity contribution is 0.556. The molecule has 0 aromatic carbocycles. The third kappa shape index (κ3) is 3.68. The Morgan fingerprint density at radius 1 is 1.50 bits per heavy atom. The molecule has 0 amide bonds. The zero-order chi connectivity index (χ0) is 13.0. The molecule has 0 radical (unpaired) electrons. The van der Waals surface area contributed by atoms with Gasteiger partial charge in [-0.15, -0.1) is 11.3 Å². The number of nitrogens with one attached hydrogen (secondary N) is 2. The van der Waals surface area contributed by atoms with E-state index in [9.17, 15) is 0 Å². The third-order valence-corrected chi connectivity index (χ3v) is 4.17. The Balaban J connectivity index is 1.75. The smallest absolute Gasteiger partial charge is 0.137 e. The van der Waals surface area contributed by atoms with Crippen molar-refractivity contribution in [1.82, 2.24) is 20.5 Å². The first kappa shape index (κ1) is 13.8. The number of aromatic nitrogens is 3. The number of aromatic amines is 1. The van der Waals surface area contributed by atoms with E-state index in [4.69, 9.17) is 23.2 Å². The average molecular weight is 305 g/mol. The molecule has 98 valence electrons. The van der Waals surface area contributed by atoms with Crippen LogP contribution in [0.5, 0.6) is 0 Å². The number of halogens is 2. The molecule has 0 bridgehead atoms. The second kappa shape index (κ2) is 6.52. The largest absolute Gasteiger partial charge is 0.310 e. The summed E-state index contributed by atoms with van der Waals surface area (Å²) >= 11 is 13.4. The van der Waals surface area contributed by atoms with Gasteiger partial charge in [0.05, 0.1) is 8.67 Å². The van der Waals surface area contributed by atoms with Crippen molar-refractivity contribution < 1.29 is 0 Å². The van der Waals surface area contributed by atoms with Crippen LogP contribution < -0.4 is 5.32 Å². The van der Waals surface area contributed by atoms with Crippen molar-refractivity contribution in [3.63, 3.8) is 0 Å². The summed E-state index contributed by atoms with van der Waals surface area (Å²) < 4.78 is 1.49. The summed E-state index contributed by atoms with van der Waals surface area (Å²) in [7, 11) is 0. The molecule has 7 heteroatoms. The molecule has 0 aliphatic rings. The summed E-state index contributed by atoms with van der Waals surface area (Å²) in [6.07, 6.45) is 3.41. The van der Waals surface area contributed by atoms with Gasteiger partial charge in [0, 0.05) is 12.5 Å². The standard InChI is InChI=1S/C11H14Cl2N4S/c1-7(8-5-9(12)18-11(8)13)14-4-2-3-10-15-6-16-17-10/h5-7,14H,2-4H2,1H3,(H,15,16,17). The van der Waals surface area contributed by atoms with E-state index in [1.165, 1.54) is 17.7 Å². The molecule has 1 unspecified atom stereocenters. The summed E-state index contributed by atoms with van der Waals surface area (Å²) in [6.45, 7) is 2.98. The molecule has 0 spiro atoms. The molecule has 1 atom stereocenters. The van der Waals surface area contributed by atoms with E-state index in [0.29, 0.717) is 0 Å². The quantitative estimate of drug-likeness (QED) is 0.804. The summed E-state index contributed by atoms with van der Waals surface area (Å²) in [5.41, 5.74) is 1.06. The number of hydrogen-bond donors (Lipinski definition) is 2. The van der Waals surface area contributed by atoms with Gasteiger partial charge in [-0.2, -0.15) is 5.10 Å². The number of aryl methyl sites for hydroxylation is 1. The molecule has 2 aromatic heterocycles. The molecule has 4 nitrogen and oxygen atoms in total. The molecule has 0 aliphatic heterocycles. The first-order valence-corrected chi connectivity index (χ1v) is 7.26. The highest BCUT2D eigenvalue weighted by Crippen LogP contribution is 2.34. The van der Waals surface area contributed by atoms with Gasteiger partial charge in [0.1, 0.15) is 12.2 Å². The van der Waals surface area contributed by atoms with E-state index in [2.05, 4.69) is 27.4 Å². The second-order valence-electron chi connectivity index (χ2n) is 3.99. The maximum absolute atomic E-state index is 6.10. The molecule has 0 fully saturated rings. The highest BCUT2D eigenvalue weighted by atomic mass is 35.5. The van der Waals surface area contributed by atoms with Crippen LogP contribution in [0.2, 0.25) is 8.67 Å². The van der Waals surface area contributed by atoms with Gasteiger partial charge in [0.15, 0.2) is 0 Å². The topological polar surface area (TPSA) is 53.6 Å². The van der Waals surface area contributed by atoms with E-state index in [-0.39, 0.29) is 6.04 Å². The molecule has 2 rings (SSSR count). The molecule has 0 saturated heterocycles. The summed E-state index contributed by atoms with van der Waals surface area (Å²) in [5, 5.41) is 10.1. The highest BCUT2D eigenvalue weighted by molar-refractivity contribution is 7.20. The van der Waals surface area contributed by atoms with Crippen LogP contribution >= 0.6 is 34.5 Å². The molecule has 2 N–H and O–H groups in total. The monoisotopic (exact) mass is 304 g/mol. The minimum atomic E-state index is 0.205. The maximum atomic E-state index is 6.10. The molecule has 0 aliphatic carbocycles. The number of thiophene rings is 1. The van der Waals surface area contributed by atoms with E-state index < -0.39 is 0 Å². The van der Waals surface area contributed by atoms with Gasteiger partial charge in [0.25, 0.3) is 0 Å². The molecular weight excluding hydrogens is 291 g/mol. The average Bonchev–Trinajstić information content (AvgIpc) is 2.94. The van der Waals surface area contributed by atoms with Crippen molar-refractivity contribution in [3.8, 4) is 0 Å². The van der Waals surface area contributed by atoms with Crippen LogP contribution in [0.15, 0.2) is 12.4 Å². The van der Waals surface area contributed by atoms with Crippen molar-refractivity contribution in [2.45, 2.75) is 25.8 Å². The molecule has 0 saturated carbocycles. The van der Waals surface area contributed by atoms with Crippen molar-refractivity contribution in [2.24, 2.45) is 0 Å². The maximum Gasteiger partial charge on any atom is 0.137 e. The Morgan fingerprint density at radius 2 is 2.33 bits per heavy atom. The van der Waals surface area contributed by atoms with Crippen molar-refractivity contribution >= 4 is 34.5 Å². The fourth-order valence-corrected chi connectivity index (χ4v) is 3.33. The SMILES string of the molecule is CC(NCCCc1ncn[nH]1)c1cc(Cl)sc1Cl. The Kier molecular flexibility index (Phi) is 5.00. The zero-order valence-corrected chi connectivity index (χ0v) is 12.2. The Morgan fingerprint density at radius 3 is 2.94 bits per heavy atom. The predicted octanol–water partition coefficient (Wildman–Crippen LogP) is 3.46. The normalized spacial score (nSPS) is 12.8. The van der Waals surface area contributed by atoms with Crippen LogP contribution in [-0.4, -0.2) is 21.7 Å². The summed E-state index contributed by atoms with van der Waals surface area (Å²) in [4.78, 5) is 4.08. The minimum absolute atomic E-state index is 0.205. The van der Waals surface area contributed by atoms with E-state index in [1.54, 1.807) is 0 Å². The van der Waals surface area contributed by atoms with Crippen LogP contribution in [0, 0.1) is 0 Å². The fourth-order valence-electron chi connectivity index (χ4n) is 1.68. The van der Waals surface area contributed by atoms with Gasteiger partial charge in [-0.05, 0) is 31.5 Å². The Bertz CT molecular complexity index is 483. The van der Waals surface area contributed by atoms with E-state index >= 15 is 0 Å². The van der Waals surface area contributed by atoms with Gasteiger partial charge < -0.3 is 5.32 Å². The van der Waals surface area contributed by atoms with Crippen molar-refractivity contribution in [2.75, 3.05) is 6.54 Å². The molecule has 18 heavy (non-hydrogen) atoms. The molecular formula is C11H14Cl2N4S. The lowest BCUT2D eigenvalue weighted by Gasteiger charge is -2.12. The number of H-pyrrole nitrogens is 1. The molecule has 2 heterocycles. The Hall–Kier alpha value is -0.620. The van der Waals surface area contributed by atoms with Crippen LogP contribution in [0.3, 0.4) is 0 Å².